The Bertz CT molecular complexity index is 657. The lowest BCUT2D eigenvalue weighted by atomic mass is 10.2. The molecule has 1 aliphatic rings. The molecule has 1 aromatic heterocycles. The fourth-order valence-corrected chi connectivity index (χ4v) is 3.08. The number of carbonyl (C=O) groups excluding carboxylic acids is 1. The molecule has 1 fully saturated rings. The lowest BCUT2D eigenvalue weighted by molar-refractivity contribution is -0.134. The van der Waals surface area contributed by atoms with Crippen LogP contribution in [0.4, 0.5) is 0 Å². The number of hydrogen-bond acceptors (Lipinski definition) is 4. The second-order valence-electron chi connectivity index (χ2n) is 7.08. The van der Waals surface area contributed by atoms with Gasteiger partial charge >= 0.3 is 0 Å². The number of imidazole rings is 1. The summed E-state index contributed by atoms with van der Waals surface area (Å²) < 4.78 is 5.52. The number of ether oxygens (including phenoxy) is 1. The van der Waals surface area contributed by atoms with Crippen molar-refractivity contribution >= 4 is 16.9 Å². The summed E-state index contributed by atoms with van der Waals surface area (Å²) in [6.07, 6.45) is 0.482. The molecule has 0 saturated carbocycles. The van der Waals surface area contributed by atoms with Gasteiger partial charge in [0.25, 0.3) is 0 Å². The minimum atomic E-state index is 0.201. The summed E-state index contributed by atoms with van der Waals surface area (Å²) in [5, 5.41) is 0. The van der Waals surface area contributed by atoms with Crippen LogP contribution in [0.15, 0.2) is 24.3 Å². The number of amides is 1. The number of aromatic amines is 1. The first-order valence-corrected chi connectivity index (χ1v) is 9.13. The molecule has 3 rings (SSSR count). The number of rotatable bonds is 7. The average molecular weight is 344 g/mol. The van der Waals surface area contributed by atoms with Crippen LogP contribution in [0.5, 0.6) is 0 Å². The zero-order valence-corrected chi connectivity index (χ0v) is 15.2. The van der Waals surface area contributed by atoms with Crippen molar-refractivity contribution in [2.45, 2.75) is 26.8 Å². The molecule has 25 heavy (non-hydrogen) atoms. The van der Waals surface area contributed by atoms with Crippen molar-refractivity contribution < 1.29 is 9.53 Å². The van der Waals surface area contributed by atoms with Gasteiger partial charge < -0.3 is 14.6 Å². The number of benzene rings is 1. The number of nitrogens with one attached hydrogen (secondary N) is 1. The summed E-state index contributed by atoms with van der Waals surface area (Å²) in [7, 11) is 0. The number of piperazine rings is 1. The molecule has 0 aliphatic carbocycles. The van der Waals surface area contributed by atoms with Crippen molar-refractivity contribution in [1.29, 1.82) is 0 Å². The van der Waals surface area contributed by atoms with Crippen molar-refractivity contribution in [3.8, 4) is 0 Å². The second kappa shape index (κ2) is 8.45. The van der Waals surface area contributed by atoms with E-state index < -0.39 is 0 Å². The van der Waals surface area contributed by atoms with Gasteiger partial charge in [0.05, 0.1) is 30.6 Å². The lowest BCUT2D eigenvalue weighted by Gasteiger charge is -2.34. The summed E-state index contributed by atoms with van der Waals surface area (Å²) >= 11 is 0. The highest BCUT2D eigenvalue weighted by Gasteiger charge is 2.21. The molecule has 2 heterocycles. The maximum Gasteiger partial charge on any atom is 0.224 e. The molecule has 0 unspecified atom stereocenters. The first-order chi connectivity index (χ1) is 12.1. The van der Waals surface area contributed by atoms with Gasteiger partial charge in [0.15, 0.2) is 0 Å². The van der Waals surface area contributed by atoms with E-state index >= 15 is 0 Å². The maximum absolute atomic E-state index is 12.2. The Morgan fingerprint density at radius 3 is 2.72 bits per heavy atom. The maximum atomic E-state index is 12.2. The molecule has 1 amide bonds. The van der Waals surface area contributed by atoms with Crippen LogP contribution in [-0.2, 0) is 16.1 Å². The van der Waals surface area contributed by atoms with Gasteiger partial charge in [-0.05, 0) is 18.1 Å². The molecule has 1 aromatic carbocycles. The molecule has 0 atom stereocenters. The van der Waals surface area contributed by atoms with Crippen LogP contribution >= 0.6 is 0 Å². The number of hydrogen-bond donors (Lipinski definition) is 1. The molecular formula is C19H28N4O2. The monoisotopic (exact) mass is 344 g/mol. The molecule has 0 spiro atoms. The number of nitrogens with zero attached hydrogens (tertiary/aromatic N) is 3. The molecule has 6 heteroatoms. The Kier molecular flexibility index (Phi) is 6.04. The number of para-hydroxylation sites is 2. The Morgan fingerprint density at radius 2 is 2.00 bits per heavy atom. The van der Waals surface area contributed by atoms with E-state index in [4.69, 9.17) is 4.74 Å². The van der Waals surface area contributed by atoms with Crippen molar-refractivity contribution in [2.75, 3.05) is 39.4 Å². The van der Waals surface area contributed by atoms with E-state index in [1.54, 1.807) is 0 Å². The molecule has 136 valence electrons. The minimum Gasteiger partial charge on any atom is -0.381 e. The smallest absolute Gasteiger partial charge is 0.224 e. The molecule has 0 radical (unpaired) electrons. The highest BCUT2D eigenvalue weighted by molar-refractivity contribution is 5.76. The predicted octanol–water partition coefficient (Wildman–Crippen LogP) is 2.27. The normalized spacial score (nSPS) is 16.0. The van der Waals surface area contributed by atoms with Gasteiger partial charge in [-0.3, -0.25) is 9.69 Å². The summed E-state index contributed by atoms with van der Waals surface area (Å²) in [5.41, 5.74) is 2.08. The quantitative estimate of drug-likeness (QED) is 0.783. The van der Waals surface area contributed by atoms with Crippen molar-refractivity contribution in [1.82, 2.24) is 19.8 Å². The topological polar surface area (TPSA) is 61.5 Å². The van der Waals surface area contributed by atoms with Crippen LogP contribution in [0.3, 0.4) is 0 Å². The first-order valence-electron chi connectivity index (χ1n) is 9.13. The van der Waals surface area contributed by atoms with Gasteiger partial charge in [0.1, 0.15) is 5.82 Å². The van der Waals surface area contributed by atoms with Gasteiger partial charge in [-0.1, -0.05) is 26.0 Å². The van der Waals surface area contributed by atoms with Gasteiger partial charge in [0.2, 0.25) is 5.91 Å². The molecule has 6 nitrogen and oxygen atoms in total. The molecule has 0 bridgehead atoms. The fourth-order valence-electron chi connectivity index (χ4n) is 3.08. The number of fused-ring (bicyclic) bond motifs is 1. The van der Waals surface area contributed by atoms with E-state index in [0.717, 1.165) is 56.2 Å². The first kappa shape index (κ1) is 17.9. The SMILES string of the molecule is CC(C)COCCC(=O)N1CCN(Cc2nc3ccccc3[nH]2)CC1. The Labute approximate surface area is 149 Å². The molecule has 1 aliphatic heterocycles. The number of H-pyrrole nitrogens is 1. The number of carbonyl (C=O) groups is 1. The highest BCUT2D eigenvalue weighted by Crippen LogP contribution is 2.13. The van der Waals surface area contributed by atoms with Gasteiger partial charge in [-0.2, -0.15) is 0 Å². The third-order valence-electron chi connectivity index (χ3n) is 4.45. The Balaban J connectivity index is 1.41. The van der Waals surface area contributed by atoms with Crippen molar-refractivity contribution in [2.24, 2.45) is 5.92 Å². The molecule has 1 saturated heterocycles. The Hall–Kier alpha value is -1.92. The fraction of sp³-hybridized carbons (Fsp3) is 0.579. The summed E-state index contributed by atoms with van der Waals surface area (Å²) in [5.74, 6) is 1.70. The molecular weight excluding hydrogens is 316 g/mol. The van der Waals surface area contributed by atoms with Crippen LogP contribution < -0.4 is 0 Å². The van der Waals surface area contributed by atoms with Crippen LogP contribution in [0.2, 0.25) is 0 Å². The van der Waals surface area contributed by atoms with E-state index in [1.165, 1.54) is 0 Å². The van der Waals surface area contributed by atoms with Crippen molar-refractivity contribution in [3.05, 3.63) is 30.1 Å². The molecule has 2 aromatic rings. The summed E-state index contributed by atoms with van der Waals surface area (Å²) in [6.45, 7) is 9.60. The third kappa shape index (κ3) is 5.03. The van der Waals surface area contributed by atoms with Crippen molar-refractivity contribution in [3.63, 3.8) is 0 Å². The zero-order valence-electron chi connectivity index (χ0n) is 15.2. The Morgan fingerprint density at radius 1 is 1.24 bits per heavy atom. The largest absolute Gasteiger partial charge is 0.381 e. The number of aromatic nitrogens is 2. The van der Waals surface area contributed by atoms with Crippen LogP contribution in [0.1, 0.15) is 26.1 Å². The van der Waals surface area contributed by atoms with Gasteiger partial charge in [0, 0.05) is 32.8 Å². The van der Waals surface area contributed by atoms with Crippen LogP contribution in [-0.4, -0.2) is 65.1 Å². The van der Waals surface area contributed by atoms with Crippen LogP contribution in [0, 0.1) is 5.92 Å². The van der Waals surface area contributed by atoms with E-state index in [0.29, 0.717) is 18.9 Å². The van der Waals surface area contributed by atoms with E-state index in [-0.39, 0.29) is 5.91 Å². The highest BCUT2D eigenvalue weighted by atomic mass is 16.5. The predicted molar refractivity (Wildman–Crippen MR) is 98.2 cm³/mol. The van der Waals surface area contributed by atoms with E-state index in [1.807, 2.05) is 29.2 Å². The van der Waals surface area contributed by atoms with E-state index in [2.05, 4.69) is 28.7 Å². The summed E-state index contributed by atoms with van der Waals surface area (Å²) in [4.78, 5) is 24.5. The third-order valence-corrected chi connectivity index (χ3v) is 4.45. The van der Waals surface area contributed by atoms with Crippen LogP contribution in [0.25, 0.3) is 11.0 Å². The van der Waals surface area contributed by atoms with E-state index in [9.17, 15) is 4.79 Å². The lowest BCUT2D eigenvalue weighted by Crippen LogP contribution is -2.48. The zero-order chi connectivity index (χ0) is 17.6. The van der Waals surface area contributed by atoms with Gasteiger partial charge in [-0.15, -0.1) is 0 Å². The standard InChI is InChI=1S/C19H28N4O2/c1-15(2)14-25-12-7-19(24)23-10-8-22(9-11-23)13-18-20-16-5-3-4-6-17(16)21-18/h3-6,15H,7-14H2,1-2H3,(H,20,21). The molecule has 1 N–H and O–H groups in total. The second-order valence-corrected chi connectivity index (χ2v) is 7.08. The van der Waals surface area contributed by atoms with Gasteiger partial charge in [-0.25, -0.2) is 4.98 Å². The minimum absolute atomic E-state index is 0.201. The summed E-state index contributed by atoms with van der Waals surface area (Å²) in [6, 6.07) is 8.08. The average Bonchev–Trinajstić information content (AvgIpc) is 3.01.